The lowest BCUT2D eigenvalue weighted by atomic mass is 10.1. The van der Waals surface area contributed by atoms with Crippen molar-refractivity contribution >= 4 is 28.6 Å². The Balaban J connectivity index is 1.92. The van der Waals surface area contributed by atoms with Gasteiger partial charge in [-0.05, 0) is 56.4 Å². The Morgan fingerprint density at radius 1 is 1.17 bits per heavy atom. The highest BCUT2D eigenvalue weighted by atomic mass is 32.2. The first-order valence-electron chi connectivity index (χ1n) is 9.76. The summed E-state index contributed by atoms with van der Waals surface area (Å²) in [6.07, 6.45) is 3.17. The molecule has 0 fully saturated rings. The second-order valence-corrected chi connectivity index (χ2v) is 7.56. The second kappa shape index (κ2) is 9.27. The zero-order valence-corrected chi connectivity index (χ0v) is 18.1. The molecule has 0 bridgehead atoms. The molecule has 1 amide bonds. The van der Waals surface area contributed by atoms with E-state index in [1.807, 2.05) is 37.1 Å². The van der Waals surface area contributed by atoms with Gasteiger partial charge in [-0.2, -0.15) is 0 Å². The van der Waals surface area contributed by atoms with Gasteiger partial charge >= 0.3 is 0 Å². The molecule has 1 heterocycles. The van der Waals surface area contributed by atoms with E-state index in [-0.39, 0.29) is 11.7 Å². The minimum atomic E-state index is 0.115. The number of hydrogen-bond donors (Lipinski definition) is 1. The minimum Gasteiger partial charge on any atom is -0.507 e. The highest BCUT2D eigenvalue weighted by molar-refractivity contribution is 7.99. The predicted molar refractivity (Wildman–Crippen MR) is 118 cm³/mol. The standard InChI is InChI=1S/C23H27NO4S/c1-5-24(6-2)21(26)12-8-15-7-11-20-18(13-15)23(29-4)22(28-20)17-10-9-16(27-3)14-19(17)25/h7,9-11,13-14,25H,5-6,8,12H2,1-4H3. The summed E-state index contributed by atoms with van der Waals surface area (Å²) in [5.41, 5.74) is 2.49. The van der Waals surface area contributed by atoms with E-state index < -0.39 is 0 Å². The molecule has 154 valence electrons. The number of nitrogens with zero attached hydrogens (tertiary/aromatic N) is 1. The van der Waals surface area contributed by atoms with E-state index in [0.717, 1.165) is 34.5 Å². The first-order chi connectivity index (χ1) is 14.0. The number of ether oxygens (including phenoxy) is 1. The highest BCUT2D eigenvalue weighted by Gasteiger charge is 2.19. The molecule has 1 N–H and O–H groups in total. The third-order valence-corrected chi connectivity index (χ3v) is 5.92. The molecule has 6 heteroatoms. The van der Waals surface area contributed by atoms with Gasteiger partial charge < -0.3 is 19.2 Å². The van der Waals surface area contributed by atoms with Crippen molar-refractivity contribution in [3.8, 4) is 22.8 Å². The number of carbonyl (C=O) groups excluding carboxylic acids is 1. The SMILES string of the molecule is CCN(CC)C(=O)CCc1ccc2oc(-c3ccc(OC)cc3O)c(SC)c2c1. The topological polar surface area (TPSA) is 62.9 Å². The number of phenols is 1. The number of rotatable bonds is 8. The van der Waals surface area contributed by atoms with Gasteiger partial charge in [0.25, 0.3) is 0 Å². The maximum absolute atomic E-state index is 12.3. The van der Waals surface area contributed by atoms with Crippen LogP contribution in [0.3, 0.4) is 0 Å². The molecule has 0 atom stereocenters. The number of amides is 1. The van der Waals surface area contributed by atoms with Gasteiger partial charge in [-0.3, -0.25) is 4.79 Å². The molecule has 0 aliphatic heterocycles. The average Bonchev–Trinajstić information content (AvgIpc) is 3.10. The molecule has 3 rings (SSSR count). The maximum atomic E-state index is 12.3. The molecular weight excluding hydrogens is 386 g/mol. The smallest absolute Gasteiger partial charge is 0.222 e. The van der Waals surface area contributed by atoms with Gasteiger partial charge in [-0.25, -0.2) is 0 Å². The van der Waals surface area contributed by atoms with Crippen LogP contribution in [-0.4, -0.2) is 42.4 Å². The van der Waals surface area contributed by atoms with Crippen molar-refractivity contribution in [1.29, 1.82) is 0 Å². The van der Waals surface area contributed by atoms with Gasteiger partial charge in [0.05, 0.1) is 17.6 Å². The number of benzene rings is 2. The van der Waals surface area contributed by atoms with Gasteiger partial charge in [0.2, 0.25) is 5.91 Å². The summed E-state index contributed by atoms with van der Waals surface area (Å²) < 4.78 is 11.3. The van der Waals surface area contributed by atoms with Gasteiger partial charge in [0.1, 0.15) is 17.1 Å². The Morgan fingerprint density at radius 2 is 1.93 bits per heavy atom. The first kappa shape index (κ1) is 21.1. The van der Waals surface area contributed by atoms with Crippen LogP contribution in [0.1, 0.15) is 25.8 Å². The molecule has 5 nitrogen and oxygen atoms in total. The van der Waals surface area contributed by atoms with Crippen LogP contribution in [0.2, 0.25) is 0 Å². The van der Waals surface area contributed by atoms with Crippen molar-refractivity contribution < 1.29 is 19.1 Å². The lowest BCUT2D eigenvalue weighted by Gasteiger charge is -2.18. The Hall–Kier alpha value is -2.60. The van der Waals surface area contributed by atoms with E-state index >= 15 is 0 Å². The third-order valence-electron chi connectivity index (χ3n) is 5.10. The number of thioether (sulfide) groups is 1. The van der Waals surface area contributed by atoms with Crippen LogP contribution < -0.4 is 4.74 Å². The van der Waals surface area contributed by atoms with Gasteiger partial charge in [-0.15, -0.1) is 11.8 Å². The van der Waals surface area contributed by atoms with Crippen molar-refractivity contribution in [2.75, 3.05) is 26.5 Å². The van der Waals surface area contributed by atoms with Crippen LogP contribution >= 0.6 is 11.8 Å². The van der Waals surface area contributed by atoms with Gasteiger partial charge in [-0.1, -0.05) is 6.07 Å². The van der Waals surface area contributed by atoms with Crippen LogP contribution in [-0.2, 0) is 11.2 Å². The van der Waals surface area contributed by atoms with Crippen molar-refractivity contribution in [1.82, 2.24) is 4.90 Å². The van der Waals surface area contributed by atoms with E-state index in [9.17, 15) is 9.90 Å². The molecule has 0 unspecified atom stereocenters. The van der Waals surface area contributed by atoms with Crippen molar-refractivity contribution in [2.24, 2.45) is 0 Å². The maximum Gasteiger partial charge on any atom is 0.222 e. The van der Waals surface area contributed by atoms with E-state index in [2.05, 4.69) is 6.07 Å². The zero-order chi connectivity index (χ0) is 21.0. The number of carbonyl (C=O) groups is 1. The minimum absolute atomic E-state index is 0.115. The third kappa shape index (κ3) is 4.37. The van der Waals surface area contributed by atoms with Crippen molar-refractivity contribution in [3.05, 3.63) is 42.0 Å². The first-order valence-corrected chi connectivity index (χ1v) is 11.0. The van der Waals surface area contributed by atoms with Gasteiger partial charge in [0.15, 0.2) is 5.76 Å². The monoisotopic (exact) mass is 413 g/mol. The molecule has 0 saturated carbocycles. The molecule has 0 radical (unpaired) electrons. The molecule has 29 heavy (non-hydrogen) atoms. The van der Waals surface area contributed by atoms with E-state index in [4.69, 9.17) is 9.15 Å². The van der Waals surface area contributed by atoms with Crippen molar-refractivity contribution in [3.63, 3.8) is 0 Å². The molecule has 0 spiro atoms. The molecule has 3 aromatic rings. The van der Waals surface area contributed by atoms with E-state index in [1.165, 1.54) is 0 Å². The molecule has 0 aliphatic carbocycles. The number of aryl methyl sites for hydroxylation is 1. The quantitative estimate of drug-likeness (QED) is 0.505. The summed E-state index contributed by atoms with van der Waals surface area (Å²) in [6, 6.07) is 11.2. The molecule has 2 aromatic carbocycles. The molecular formula is C23H27NO4S. The number of phenolic OH excluding ortho intramolecular Hbond substituents is 1. The summed E-state index contributed by atoms with van der Waals surface area (Å²) >= 11 is 1.58. The number of hydrogen-bond acceptors (Lipinski definition) is 5. The van der Waals surface area contributed by atoms with Crippen LogP contribution in [0.15, 0.2) is 45.7 Å². The Bertz CT molecular complexity index is 1010. The average molecular weight is 414 g/mol. The summed E-state index contributed by atoms with van der Waals surface area (Å²) in [5, 5.41) is 11.4. The summed E-state index contributed by atoms with van der Waals surface area (Å²) in [4.78, 5) is 15.1. The van der Waals surface area contributed by atoms with Crippen LogP contribution in [0, 0.1) is 0 Å². The normalized spacial score (nSPS) is 11.0. The number of aromatic hydroxyl groups is 1. The number of furan rings is 1. The van der Waals surface area contributed by atoms with Crippen LogP contribution in [0.25, 0.3) is 22.3 Å². The van der Waals surface area contributed by atoms with Crippen molar-refractivity contribution in [2.45, 2.75) is 31.6 Å². The fourth-order valence-electron chi connectivity index (χ4n) is 3.47. The number of fused-ring (bicyclic) bond motifs is 1. The van der Waals surface area contributed by atoms with E-state index in [0.29, 0.717) is 29.9 Å². The number of methoxy groups -OCH3 is 1. The van der Waals surface area contributed by atoms with E-state index in [1.54, 1.807) is 37.1 Å². The Kier molecular flexibility index (Phi) is 6.75. The largest absolute Gasteiger partial charge is 0.507 e. The van der Waals surface area contributed by atoms with Gasteiger partial charge in [0, 0.05) is 31.0 Å². The lowest BCUT2D eigenvalue weighted by molar-refractivity contribution is -0.130. The second-order valence-electron chi connectivity index (χ2n) is 6.74. The Labute approximate surface area is 175 Å². The summed E-state index contributed by atoms with van der Waals surface area (Å²) in [5.74, 6) is 1.53. The fourth-order valence-corrected chi connectivity index (χ4v) is 4.19. The predicted octanol–water partition coefficient (Wildman–Crippen LogP) is 5.34. The Morgan fingerprint density at radius 3 is 2.55 bits per heavy atom. The summed E-state index contributed by atoms with van der Waals surface area (Å²) in [6.45, 7) is 5.47. The molecule has 0 saturated heterocycles. The molecule has 0 aliphatic rings. The molecule has 1 aromatic heterocycles. The fraction of sp³-hybridized carbons (Fsp3) is 0.348. The van der Waals surface area contributed by atoms with Crippen LogP contribution in [0.5, 0.6) is 11.5 Å². The van der Waals surface area contributed by atoms with Crippen LogP contribution in [0.4, 0.5) is 0 Å². The summed E-state index contributed by atoms with van der Waals surface area (Å²) in [7, 11) is 1.56. The lowest BCUT2D eigenvalue weighted by Crippen LogP contribution is -2.30. The zero-order valence-electron chi connectivity index (χ0n) is 17.3. The highest BCUT2D eigenvalue weighted by Crippen LogP contribution is 2.43.